The van der Waals surface area contributed by atoms with Gasteiger partial charge in [0.25, 0.3) is 0 Å². The molecule has 0 saturated carbocycles. The monoisotopic (exact) mass is 214 g/mol. The van der Waals surface area contributed by atoms with Crippen LogP contribution in [0.5, 0.6) is 5.75 Å². The van der Waals surface area contributed by atoms with Gasteiger partial charge in [0.15, 0.2) is 6.61 Å². The first-order valence-corrected chi connectivity index (χ1v) is 4.64. The normalized spacial score (nSPS) is 9.57. The predicted octanol–water partition coefficient (Wildman–Crippen LogP) is 1.98. The van der Waals surface area contributed by atoms with Crippen LogP contribution in [-0.4, -0.2) is 19.7 Å². The molecule has 0 atom stereocenters. The summed E-state index contributed by atoms with van der Waals surface area (Å²) < 4.78 is 9.61. The number of hydrogen-bond donors (Lipinski definition) is 0. The van der Waals surface area contributed by atoms with Gasteiger partial charge >= 0.3 is 5.97 Å². The summed E-state index contributed by atoms with van der Waals surface area (Å²) in [5, 5.41) is 0. The molecule has 0 heterocycles. The molecule has 0 aliphatic heterocycles. The Labute approximate surface area is 87.6 Å². The summed E-state index contributed by atoms with van der Waals surface area (Å²) in [5.74, 6) is 0.643. The quantitative estimate of drug-likeness (QED) is 0.568. The van der Waals surface area contributed by atoms with Crippen molar-refractivity contribution in [2.75, 3.05) is 13.7 Å². The Hall–Kier alpha value is -1.22. The molecule has 0 aliphatic rings. The van der Waals surface area contributed by atoms with Crippen LogP contribution in [0.15, 0.2) is 24.3 Å². The van der Waals surface area contributed by atoms with Gasteiger partial charge in [0, 0.05) is 5.88 Å². The van der Waals surface area contributed by atoms with E-state index in [4.69, 9.17) is 16.3 Å². The molecule has 0 amide bonds. The number of methoxy groups -OCH3 is 1. The highest BCUT2D eigenvalue weighted by molar-refractivity contribution is 6.17. The zero-order valence-electron chi connectivity index (χ0n) is 7.83. The summed E-state index contributed by atoms with van der Waals surface area (Å²) in [5.41, 5.74) is 0.953. The highest BCUT2D eigenvalue weighted by Gasteiger charge is 2.01. The van der Waals surface area contributed by atoms with E-state index in [1.54, 1.807) is 12.1 Å². The van der Waals surface area contributed by atoms with E-state index >= 15 is 0 Å². The second-order valence-corrected chi connectivity index (χ2v) is 2.91. The third-order valence-corrected chi connectivity index (χ3v) is 1.95. The Balaban J connectivity index is 2.54. The lowest BCUT2D eigenvalue weighted by molar-refractivity contribution is -0.142. The molecule has 0 fully saturated rings. The molecule has 0 unspecified atom stereocenters. The number of carbonyl (C=O) groups excluding carboxylic acids is 1. The van der Waals surface area contributed by atoms with Crippen molar-refractivity contribution in [3.05, 3.63) is 29.8 Å². The summed E-state index contributed by atoms with van der Waals surface area (Å²) in [6, 6.07) is 7.26. The van der Waals surface area contributed by atoms with Crippen molar-refractivity contribution in [1.29, 1.82) is 0 Å². The van der Waals surface area contributed by atoms with Gasteiger partial charge in [-0.3, -0.25) is 0 Å². The first kappa shape index (κ1) is 10.9. The van der Waals surface area contributed by atoms with E-state index in [1.807, 2.05) is 12.1 Å². The summed E-state index contributed by atoms with van der Waals surface area (Å²) in [6.07, 6.45) is 0. The first-order valence-electron chi connectivity index (χ1n) is 4.11. The largest absolute Gasteiger partial charge is 0.482 e. The van der Waals surface area contributed by atoms with Crippen molar-refractivity contribution in [3.63, 3.8) is 0 Å². The van der Waals surface area contributed by atoms with Crippen molar-refractivity contribution in [1.82, 2.24) is 0 Å². The van der Waals surface area contributed by atoms with Crippen molar-refractivity contribution < 1.29 is 14.3 Å². The highest BCUT2D eigenvalue weighted by atomic mass is 35.5. The smallest absolute Gasteiger partial charge is 0.343 e. The van der Waals surface area contributed by atoms with Crippen molar-refractivity contribution >= 4 is 17.6 Å². The van der Waals surface area contributed by atoms with Gasteiger partial charge in [0.2, 0.25) is 0 Å². The molecule has 14 heavy (non-hydrogen) atoms. The fraction of sp³-hybridized carbons (Fsp3) is 0.300. The van der Waals surface area contributed by atoms with Gasteiger partial charge in [-0.2, -0.15) is 0 Å². The predicted molar refractivity (Wildman–Crippen MR) is 53.5 cm³/mol. The van der Waals surface area contributed by atoms with Crippen LogP contribution < -0.4 is 4.74 Å². The van der Waals surface area contributed by atoms with Crippen molar-refractivity contribution in [2.45, 2.75) is 5.88 Å². The summed E-state index contributed by atoms with van der Waals surface area (Å²) in [6.45, 7) is -0.0811. The lowest BCUT2D eigenvalue weighted by Gasteiger charge is -2.05. The molecule has 1 aromatic rings. The Bertz CT molecular complexity index is 312. The van der Waals surface area contributed by atoms with Gasteiger partial charge < -0.3 is 9.47 Å². The van der Waals surface area contributed by atoms with E-state index in [2.05, 4.69) is 4.74 Å². The Morgan fingerprint density at radius 3 is 2.93 bits per heavy atom. The fourth-order valence-electron chi connectivity index (χ4n) is 0.920. The lowest BCUT2D eigenvalue weighted by Crippen LogP contribution is -2.12. The van der Waals surface area contributed by atoms with Gasteiger partial charge in [-0.25, -0.2) is 4.79 Å². The molecule has 0 N–H and O–H groups in total. The van der Waals surface area contributed by atoms with Crippen LogP contribution in [0, 0.1) is 0 Å². The van der Waals surface area contributed by atoms with Crippen LogP contribution in [0.3, 0.4) is 0 Å². The maximum Gasteiger partial charge on any atom is 0.343 e. The minimum Gasteiger partial charge on any atom is -0.482 e. The van der Waals surface area contributed by atoms with E-state index < -0.39 is 5.97 Å². The van der Waals surface area contributed by atoms with Crippen LogP contribution in [0.1, 0.15) is 5.56 Å². The summed E-state index contributed by atoms with van der Waals surface area (Å²) >= 11 is 5.64. The number of alkyl halides is 1. The van der Waals surface area contributed by atoms with Crippen LogP contribution in [-0.2, 0) is 15.4 Å². The van der Waals surface area contributed by atoms with Crippen LogP contribution >= 0.6 is 11.6 Å². The molecule has 0 saturated heterocycles. The van der Waals surface area contributed by atoms with E-state index in [0.29, 0.717) is 11.6 Å². The molecule has 4 heteroatoms. The SMILES string of the molecule is COC(=O)COc1cccc(CCl)c1. The fourth-order valence-corrected chi connectivity index (χ4v) is 1.09. The maximum atomic E-state index is 10.8. The number of esters is 1. The molecule has 3 nitrogen and oxygen atoms in total. The number of benzene rings is 1. The number of halogens is 1. The highest BCUT2D eigenvalue weighted by Crippen LogP contribution is 2.14. The topological polar surface area (TPSA) is 35.5 Å². The molecule has 0 radical (unpaired) electrons. The number of rotatable bonds is 4. The number of hydrogen-bond acceptors (Lipinski definition) is 3. The van der Waals surface area contributed by atoms with Crippen LogP contribution in [0.2, 0.25) is 0 Å². The molecule has 1 rings (SSSR count). The second kappa shape index (κ2) is 5.50. The molecule has 0 aromatic heterocycles. The number of carbonyl (C=O) groups is 1. The average molecular weight is 215 g/mol. The van der Waals surface area contributed by atoms with Gasteiger partial charge in [0.1, 0.15) is 5.75 Å². The van der Waals surface area contributed by atoms with Crippen molar-refractivity contribution in [3.8, 4) is 5.75 Å². The number of ether oxygens (including phenoxy) is 2. The third kappa shape index (κ3) is 3.26. The van der Waals surface area contributed by atoms with E-state index in [0.717, 1.165) is 5.56 Å². The van der Waals surface area contributed by atoms with Gasteiger partial charge in [-0.15, -0.1) is 11.6 Å². The molecular formula is C10H11ClO3. The Morgan fingerprint density at radius 2 is 2.29 bits per heavy atom. The molecule has 76 valence electrons. The second-order valence-electron chi connectivity index (χ2n) is 2.65. The standard InChI is InChI=1S/C10H11ClO3/c1-13-10(12)7-14-9-4-2-3-8(5-9)6-11/h2-5H,6-7H2,1H3. The molecule has 1 aromatic carbocycles. The minimum absolute atomic E-state index is 0.0811. The lowest BCUT2D eigenvalue weighted by atomic mass is 10.2. The maximum absolute atomic E-state index is 10.8. The zero-order chi connectivity index (χ0) is 10.4. The molecule has 0 bridgehead atoms. The van der Waals surface area contributed by atoms with E-state index in [1.165, 1.54) is 7.11 Å². The van der Waals surface area contributed by atoms with Gasteiger partial charge in [0.05, 0.1) is 7.11 Å². The summed E-state index contributed by atoms with van der Waals surface area (Å²) in [4.78, 5) is 10.8. The average Bonchev–Trinajstić information content (AvgIpc) is 2.26. The van der Waals surface area contributed by atoms with Gasteiger partial charge in [-0.05, 0) is 17.7 Å². The van der Waals surface area contributed by atoms with E-state index in [9.17, 15) is 4.79 Å². The van der Waals surface area contributed by atoms with Crippen LogP contribution in [0.25, 0.3) is 0 Å². The van der Waals surface area contributed by atoms with E-state index in [-0.39, 0.29) is 6.61 Å². The Morgan fingerprint density at radius 1 is 1.50 bits per heavy atom. The Kier molecular flexibility index (Phi) is 4.26. The van der Waals surface area contributed by atoms with Gasteiger partial charge in [-0.1, -0.05) is 12.1 Å². The first-order chi connectivity index (χ1) is 6.76. The molecule has 0 spiro atoms. The minimum atomic E-state index is -0.402. The van der Waals surface area contributed by atoms with Crippen LogP contribution in [0.4, 0.5) is 0 Å². The third-order valence-electron chi connectivity index (χ3n) is 1.64. The summed E-state index contributed by atoms with van der Waals surface area (Å²) in [7, 11) is 1.32. The molecule has 0 aliphatic carbocycles. The molecular weight excluding hydrogens is 204 g/mol. The van der Waals surface area contributed by atoms with Crippen molar-refractivity contribution in [2.24, 2.45) is 0 Å². The zero-order valence-corrected chi connectivity index (χ0v) is 8.58.